The van der Waals surface area contributed by atoms with Crippen LogP contribution in [0.3, 0.4) is 0 Å². The van der Waals surface area contributed by atoms with E-state index in [1.807, 2.05) is 65.0 Å². The zero-order valence-corrected chi connectivity index (χ0v) is 16.3. The van der Waals surface area contributed by atoms with Gasteiger partial charge in [-0.2, -0.15) is 0 Å². The maximum absolute atomic E-state index is 12.1. The molecule has 0 saturated carbocycles. The first kappa shape index (κ1) is 20.9. The van der Waals surface area contributed by atoms with Crippen LogP contribution in [-0.4, -0.2) is 11.1 Å². The number of carbonyl (C=O) groups is 1. The van der Waals surface area contributed by atoms with Crippen LogP contribution >= 0.6 is 0 Å². The fourth-order valence-electron chi connectivity index (χ4n) is 2.90. The number of nitrogens with one attached hydrogen (secondary N) is 1. The van der Waals surface area contributed by atoms with E-state index in [0.717, 1.165) is 30.0 Å². The predicted octanol–water partition coefficient (Wildman–Crippen LogP) is 5.74. The number of nitrogens with zero attached hydrogens (tertiary/aromatic N) is 1. The summed E-state index contributed by atoms with van der Waals surface area (Å²) >= 11 is 0. The minimum atomic E-state index is 0.0151. The van der Waals surface area contributed by atoms with Gasteiger partial charge in [0.05, 0.1) is 5.69 Å². The van der Waals surface area contributed by atoms with Crippen LogP contribution in [0.15, 0.2) is 34.9 Å². The molecule has 3 rings (SSSR count). The van der Waals surface area contributed by atoms with Crippen molar-refractivity contribution in [2.75, 3.05) is 5.32 Å². The minimum absolute atomic E-state index is 0.0151. The van der Waals surface area contributed by atoms with Crippen molar-refractivity contribution in [1.29, 1.82) is 0 Å². The molecule has 1 aromatic heterocycles. The molecule has 0 aliphatic heterocycles. The zero-order valence-electron chi connectivity index (χ0n) is 16.3. The summed E-state index contributed by atoms with van der Waals surface area (Å²) in [5, 5.41) is 7.12. The van der Waals surface area contributed by atoms with Gasteiger partial charge in [0.15, 0.2) is 0 Å². The smallest absolute Gasteiger partial charge is 0.225 e. The fraction of sp³-hybridized carbons (Fsp3) is 0.524. The van der Waals surface area contributed by atoms with E-state index in [0.29, 0.717) is 6.42 Å². The fourth-order valence-corrected chi connectivity index (χ4v) is 2.90. The molecule has 4 heteroatoms. The van der Waals surface area contributed by atoms with Crippen LogP contribution in [0.1, 0.15) is 76.8 Å². The summed E-state index contributed by atoms with van der Waals surface area (Å²) in [6.07, 6.45) is 4.78. The second-order valence-corrected chi connectivity index (χ2v) is 5.70. The molecule has 1 heterocycles. The average molecular weight is 344 g/mol. The number of hydrogen-bond acceptors (Lipinski definition) is 3. The van der Waals surface area contributed by atoms with Crippen LogP contribution in [0.5, 0.6) is 0 Å². The quantitative estimate of drug-likeness (QED) is 0.769. The largest absolute Gasteiger partial charge is 0.361 e. The van der Waals surface area contributed by atoms with Gasteiger partial charge in [0.25, 0.3) is 0 Å². The first-order chi connectivity index (χ1) is 12.2. The first-order valence-corrected chi connectivity index (χ1v) is 9.56. The Morgan fingerprint density at radius 2 is 1.76 bits per heavy atom. The van der Waals surface area contributed by atoms with Gasteiger partial charge in [-0.3, -0.25) is 4.79 Å². The molecule has 0 saturated heterocycles. The van der Waals surface area contributed by atoms with E-state index in [9.17, 15) is 4.79 Å². The zero-order chi connectivity index (χ0) is 18.7. The maximum Gasteiger partial charge on any atom is 0.225 e. The third kappa shape index (κ3) is 6.04. The molecule has 0 bridgehead atoms. The molecule has 1 amide bonds. The number of benzene rings is 1. The number of rotatable bonds is 4. The molecule has 0 fully saturated rings. The number of fused-ring (bicyclic) bond motifs is 1. The summed E-state index contributed by atoms with van der Waals surface area (Å²) in [6, 6.07) is 9.53. The second-order valence-electron chi connectivity index (χ2n) is 5.70. The molecule has 0 unspecified atom stereocenters. The molecule has 2 aromatic rings. The van der Waals surface area contributed by atoms with Gasteiger partial charge < -0.3 is 9.84 Å². The van der Waals surface area contributed by atoms with E-state index in [1.54, 1.807) is 0 Å². The number of aryl methyl sites for hydroxylation is 1. The number of carbonyl (C=O) groups excluding carboxylic acids is 1. The summed E-state index contributed by atoms with van der Waals surface area (Å²) in [6.45, 7) is 10.0. The van der Waals surface area contributed by atoms with Crippen molar-refractivity contribution >= 4 is 11.6 Å². The minimum Gasteiger partial charge on any atom is -0.361 e. The van der Waals surface area contributed by atoms with E-state index in [4.69, 9.17) is 4.52 Å². The van der Waals surface area contributed by atoms with Gasteiger partial charge in [-0.25, -0.2) is 0 Å². The average Bonchev–Trinajstić information content (AvgIpc) is 3.10. The number of hydrogen-bond donors (Lipinski definition) is 1. The SMILES string of the molecule is CC.CC.C[C@H](CC(=O)Nc1ccccc1)c1noc2c1CCCC2. The van der Waals surface area contributed by atoms with Crippen LogP contribution in [0, 0.1) is 0 Å². The predicted molar refractivity (Wildman–Crippen MR) is 104 cm³/mol. The third-order valence-electron chi connectivity index (χ3n) is 4.00. The Balaban J connectivity index is 0.000000730. The van der Waals surface area contributed by atoms with E-state index < -0.39 is 0 Å². The van der Waals surface area contributed by atoms with Crippen molar-refractivity contribution in [2.24, 2.45) is 0 Å². The Morgan fingerprint density at radius 1 is 1.12 bits per heavy atom. The summed E-state index contributed by atoms with van der Waals surface area (Å²) in [5.41, 5.74) is 3.03. The molecule has 1 aromatic carbocycles. The Kier molecular flexibility index (Phi) is 9.60. The molecule has 138 valence electrons. The monoisotopic (exact) mass is 344 g/mol. The number of aromatic nitrogens is 1. The summed E-state index contributed by atoms with van der Waals surface area (Å²) in [5.74, 6) is 1.12. The molecule has 0 spiro atoms. The Morgan fingerprint density at radius 3 is 2.44 bits per heavy atom. The molecule has 1 atom stereocenters. The van der Waals surface area contributed by atoms with Crippen molar-refractivity contribution in [3.8, 4) is 0 Å². The maximum atomic E-state index is 12.1. The topological polar surface area (TPSA) is 55.1 Å². The highest BCUT2D eigenvalue weighted by Gasteiger charge is 2.24. The van der Waals surface area contributed by atoms with Crippen molar-refractivity contribution in [2.45, 2.75) is 72.6 Å². The summed E-state index contributed by atoms with van der Waals surface area (Å²) in [7, 11) is 0. The lowest BCUT2D eigenvalue weighted by molar-refractivity contribution is -0.116. The van der Waals surface area contributed by atoms with Crippen molar-refractivity contribution in [1.82, 2.24) is 5.16 Å². The summed E-state index contributed by atoms with van der Waals surface area (Å²) < 4.78 is 5.43. The lowest BCUT2D eigenvalue weighted by Crippen LogP contribution is -2.15. The number of anilines is 1. The van der Waals surface area contributed by atoms with Crippen molar-refractivity contribution in [3.63, 3.8) is 0 Å². The standard InChI is InChI=1S/C17H20N2O2.2C2H6/c1-12(11-16(20)18-13-7-3-2-4-8-13)17-14-9-5-6-10-15(14)21-19-17;2*1-2/h2-4,7-8,12H,5-6,9-11H2,1H3,(H,18,20);2*1-2H3/t12-;;/m1../s1. The second kappa shape index (κ2) is 11.5. The number of para-hydroxylation sites is 1. The highest BCUT2D eigenvalue weighted by atomic mass is 16.5. The van der Waals surface area contributed by atoms with Crippen LogP contribution in [0.2, 0.25) is 0 Å². The van der Waals surface area contributed by atoms with Crippen molar-refractivity contribution in [3.05, 3.63) is 47.3 Å². The molecule has 4 nitrogen and oxygen atoms in total. The van der Waals surface area contributed by atoms with Crippen molar-refractivity contribution < 1.29 is 9.32 Å². The lowest BCUT2D eigenvalue weighted by Gasteiger charge is -2.13. The Labute approximate surface area is 152 Å². The van der Waals surface area contributed by atoms with Gasteiger partial charge in [0, 0.05) is 30.0 Å². The van der Waals surface area contributed by atoms with Gasteiger partial charge >= 0.3 is 0 Å². The Bertz CT molecular complexity index is 620. The van der Waals surface area contributed by atoms with Crippen LogP contribution < -0.4 is 5.32 Å². The van der Waals surface area contributed by atoms with Crippen LogP contribution in [0.4, 0.5) is 5.69 Å². The highest BCUT2D eigenvalue weighted by molar-refractivity contribution is 5.91. The third-order valence-corrected chi connectivity index (χ3v) is 4.00. The lowest BCUT2D eigenvalue weighted by atomic mass is 9.91. The van der Waals surface area contributed by atoms with Crippen LogP contribution in [-0.2, 0) is 17.6 Å². The van der Waals surface area contributed by atoms with E-state index in [2.05, 4.69) is 10.5 Å². The molecule has 1 N–H and O–H groups in total. The highest BCUT2D eigenvalue weighted by Crippen LogP contribution is 2.30. The molecule has 25 heavy (non-hydrogen) atoms. The van der Waals surface area contributed by atoms with Gasteiger partial charge in [0.2, 0.25) is 5.91 Å². The van der Waals surface area contributed by atoms with Gasteiger partial charge in [-0.15, -0.1) is 0 Å². The van der Waals surface area contributed by atoms with Gasteiger partial charge in [-0.05, 0) is 31.4 Å². The molecular weight excluding hydrogens is 312 g/mol. The van der Waals surface area contributed by atoms with Crippen LogP contribution in [0.25, 0.3) is 0 Å². The number of amides is 1. The van der Waals surface area contributed by atoms with Gasteiger partial charge in [0.1, 0.15) is 5.76 Å². The van der Waals surface area contributed by atoms with E-state index in [-0.39, 0.29) is 11.8 Å². The first-order valence-electron chi connectivity index (χ1n) is 9.56. The molecule has 1 aliphatic carbocycles. The van der Waals surface area contributed by atoms with Gasteiger partial charge in [-0.1, -0.05) is 58.0 Å². The summed E-state index contributed by atoms with van der Waals surface area (Å²) in [4.78, 5) is 12.1. The Hall–Kier alpha value is -2.10. The molecule has 0 radical (unpaired) electrons. The molecular formula is C21H32N2O2. The van der Waals surface area contributed by atoms with E-state index in [1.165, 1.54) is 18.4 Å². The molecule has 1 aliphatic rings. The van der Waals surface area contributed by atoms with E-state index >= 15 is 0 Å². The normalized spacial score (nSPS) is 13.3.